The topological polar surface area (TPSA) is 61.4 Å². The Labute approximate surface area is 113 Å². The summed E-state index contributed by atoms with van der Waals surface area (Å²) in [5.74, 6) is 0.0385. The number of halogens is 1. The van der Waals surface area contributed by atoms with Gasteiger partial charge >= 0.3 is 0 Å². The normalized spacial score (nSPS) is 22.3. The van der Waals surface area contributed by atoms with Crippen LogP contribution in [0.2, 0.25) is 0 Å². The van der Waals surface area contributed by atoms with Gasteiger partial charge in [0.25, 0.3) is 5.91 Å². The zero-order valence-corrected chi connectivity index (χ0v) is 11.2. The fraction of sp³-hybridized carbons (Fsp3) is 0.462. The summed E-state index contributed by atoms with van der Waals surface area (Å²) in [5.41, 5.74) is 1.74. The molecule has 0 saturated carbocycles. The van der Waals surface area contributed by atoms with Gasteiger partial charge in [0.05, 0.1) is 6.10 Å². The van der Waals surface area contributed by atoms with Gasteiger partial charge < -0.3 is 15.7 Å². The monoisotopic (exact) mass is 270 g/mol. The van der Waals surface area contributed by atoms with Crippen LogP contribution in [0.5, 0.6) is 0 Å². The van der Waals surface area contributed by atoms with E-state index in [1.807, 2.05) is 25.1 Å². The number of aliphatic hydroxyl groups excluding tert-OH is 1. The number of aliphatic hydroxyl groups is 1. The van der Waals surface area contributed by atoms with Gasteiger partial charge in [-0.2, -0.15) is 0 Å². The van der Waals surface area contributed by atoms with E-state index in [1.54, 1.807) is 6.07 Å². The highest BCUT2D eigenvalue weighted by molar-refractivity contribution is 5.94. The molecule has 100 valence electrons. The van der Waals surface area contributed by atoms with Gasteiger partial charge in [0.1, 0.15) is 0 Å². The van der Waals surface area contributed by atoms with Gasteiger partial charge in [0.2, 0.25) is 0 Å². The first-order chi connectivity index (χ1) is 8.16. The second kappa shape index (κ2) is 6.73. The first-order valence-corrected chi connectivity index (χ1v) is 5.90. The maximum Gasteiger partial charge on any atom is 0.251 e. The Morgan fingerprint density at radius 3 is 2.89 bits per heavy atom. The summed E-state index contributed by atoms with van der Waals surface area (Å²) in [7, 11) is 0. The van der Waals surface area contributed by atoms with Crippen molar-refractivity contribution in [3.63, 3.8) is 0 Å². The molecule has 1 aromatic rings. The number of β-amino-alcohol motifs (C(OH)–C–C–N with tert-alkyl or cyclic N) is 1. The third-order valence-corrected chi connectivity index (χ3v) is 3.11. The molecule has 0 radical (unpaired) electrons. The molecular weight excluding hydrogens is 252 g/mol. The molecule has 2 unspecified atom stereocenters. The number of benzene rings is 1. The van der Waals surface area contributed by atoms with Crippen molar-refractivity contribution in [3.8, 4) is 0 Å². The van der Waals surface area contributed by atoms with E-state index < -0.39 is 0 Å². The molecular formula is C13H19ClN2O2. The lowest BCUT2D eigenvalue weighted by atomic mass is 10.1. The van der Waals surface area contributed by atoms with Crippen LogP contribution in [-0.4, -0.2) is 36.8 Å². The molecule has 1 saturated heterocycles. The smallest absolute Gasteiger partial charge is 0.251 e. The molecule has 1 fully saturated rings. The predicted octanol–water partition coefficient (Wildman–Crippen LogP) is 0.727. The second-order valence-electron chi connectivity index (χ2n) is 4.57. The fourth-order valence-electron chi connectivity index (χ4n) is 2.04. The van der Waals surface area contributed by atoms with Crippen molar-refractivity contribution < 1.29 is 9.90 Å². The number of aryl methyl sites for hydroxylation is 1. The largest absolute Gasteiger partial charge is 0.391 e. The van der Waals surface area contributed by atoms with E-state index in [-0.39, 0.29) is 30.3 Å². The number of carbonyl (C=O) groups excluding carboxylic acids is 1. The summed E-state index contributed by atoms with van der Waals surface area (Å²) in [6.45, 7) is 3.85. The number of hydrogen-bond acceptors (Lipinski definition) is 3. The van der Waals surface area contributed by atoms with E-state index in [0.717, 1.165) is 12.1 Å². The van der Waals surface area contributed by atoms with E-state index >= 15 is 0 Å². The summed E-state index contributed by atoms with van der Waals surface area (Å²) in [6, 6.07) is 7.49. The van der Waals surface area contributed by atoms with Crippen molar-refractivity contribution in [2.24, 2.45) is 5.92 Å². The van der Waals surface area contributed by atoms with Crippen LogP contribution < -0.4 is 10.6 Å². The number of hydrogen-bond donors (Lipinski definition) is 3. The number of amides is 1. The van der Waals surface area contributed by atoms with Crippen molar-refractivity contribution in [1.29, 1.82) is 0 Å². The molecule has 0 bridgehead atoms. The van der Waals surface area contributed by atoms with E-state index in [9.17, 15) is 9.90 Å². The Balaban J connectivity index is 0.00000162. The molecule has 2 rings (SSSR count). The minimum Gasteiger partial charge on any atom is -0.391 e. The molecule has 4 nitrogen and oxygen atoms in total. The van der Waals surface area contributed by atoms with Crippen LogP contribution in [-0.2, 0) is 0 Å². The third kappa shape index (κ3) is 3.70. The zero-order valence-electron chi connectivity index (χ0n) is 10.3. The molecule has 1 aliphatic heterocycles. The van der Waals surface area contributed by atoms with Gasteiger partial charge in [0, 0.05) is 31.1 Å². The van der Waals surface area contributed by atoms with Crippen LogP contribution in [0.3, 0.4) is 0 Å². The molecule has 18 heavy (non-hydrogen) atoms. The molecule has 5 heteroatoms. The minimum atomic E-state index is -0.354. The van der Waals surface area contributed by atoms with E-state index in [2.05, 4.69) is 10.6 Å². The number of rotatable bonds is 3. The Morgan fingerprint density at radius 1 is 1.50 bits per heavy atom. The predicted molar refractivity (Wildman–Crippen MR) is 73.1 cm³/mol. The second-order valence-corrected chi connectivity index (χ2v) is 4.57. The number of nitrogens with one attached hydrogen (secondary N) is 2. The third-order valence-electron chi connectivity index (χ3n) is 3.11. The Hall–Kier alpha value is -1.10. The fourth-order valence-corrected chi connectivity index (χ4v) is 2.04. The van der Waals surface area contributed by atoms with Crippen molar-refractivity contribution in [2.75, 3.05) is 19.6 Å². The molecule has 0 spiro atoms. The highest BCUT2D eigenvalue weighted by Crippen LogP contribution is 2.08. The zero-order chi connectivity index (χ0) is 12.3. The minimum absolute atomic E-state index is 0. The van der Waals surface area contributed by atoms with Gasteiger partial charge in [-0.25, -0.2) is 0 Å². The van der Waals surface area contributed by atoms with Gasteiger partial charge in [-0.15, -0.1) is 12.4 Å². The van der Waals surface area contributed by atoms with Crippen molar-refractivity contribution in [1.82, 2.24) is 10.6 Å². The van der Waals surface area contributed by atoms with Gasteiger partial charge in [-0.05, 0) is 19.1 Å². The lowest BCUT2D eigenvalue weighted by Crippen LogP contribution is -2.34. The van der Waals surface area contributed by atoms with Gasteiger partial charge in [-0.3, -0.25) is 4.79 Å². The van der Waals surface area contributed by atoms with Gasteiger partial charge in [0.15, 0.2) is 0 Å². The molecule has 1 aliphatic rings. The lowest BCUT2D eigenvalue weighted by molar-refractivity contribution is 0.0927. The molecule has 1 amide bonds. The van der Waals surface area contributed by atoms with E-state index in [1.165, 1.54) is 0 Å². The molecule has 1 aromatic carbocycles. The Bertz CT molecular complexity index is 412. The van der Waals surface area contributed by atoms with E-state index in [4.69, 9.17) is 0 Å². The molecule has 3 N–H and O–H groups in total. The summed E-state index contributed by atoms with van der Waals surface area (Å²) in [6.07, 6.45) is -0.354. The Morgan fingerprint density at radius 2 is 2.28 bits per heavy atom. The average Bonchev–Trinajstić information content (AvgIpc) is 2.72. The summed E-state index contributed by atoms with van der Waals surface area (Å²) < 4.78 is 0. The number of carbonyl (C=O) groups is 1. The standard InChI is InChI=1S/C13H18N2O2.ClH/c1-9-3-2-4-10(5-9)13(17)15-7-11-6-14-8-12(11)16;/h2-5,11-12,14,16H,6-8H2,1H3,(H,15,17);1H. The molecule has 0 aromatic heterocycles. The highest BCUT2D eigenvalue weighted by Gasteiger charge is 2.25. The lowest BCUT2D eigenvalue weighted by Gasteiger charge is -2.14. The molecule has 0 aliphatic carbocycles. The highest BCUT2D eigenvalue weighted by atomic mass is 35.5. The maximum atomic E-state index is 11.8. The first-order valence-electron chi connectivity index (χ1n) is 5.90. The van der Waals surface area contributed by atoms with Crippen LogP contribution in [0.4, 0.5) is 0 Å². The summed E-state index contributed by atoms with van der Waals surface area (Å²) >= 11 is 0. The maximum absolute atomic E-state index is 11.8. The van der Waals surface area contributed by atoms with Crippen molar-refractivity contribution >= 4 is 18.3 Å². The SMILES string of the molecule is Cc1cccc(C(=O)NCC2CNCC2O)c1.Cl. The van der Waals surface area contributed by atoms with Gasteiger partial charge in [-0.1, -0.05) is 17.7 Å². The molecule has 2 atom stereocenters. The summed E-state index contributed by atoms with van der Waals surface area (Å²) in [5, 5.41) is 15.6. The van der Waals surface area contributed by atoms with Crippen LogP contribution in [0, 0.1) is 12.8 Å². The van der Waals surface area contributed by atoms with Crippen LogP contribution in [0.25, 0.3) is 0 Å². The van der Waals surface area contributed by atoms with Crippen molar-refractivity contribution in [3.05, 3.63) is 35.4 Å². The van der Waals surface area contributed by atoms with E-state index in [0.29, 0.717) is 18.7 Å². The van der Waals surface area contributed by atoms with Crippen molar-refractivity contribution in [2.45, 2.75) is 13.0 Å². The Kier molecular flexibility index (Phi) is 5.59. The van der Waals surface area contributed by atoms with Crippen LogP contribution in [0.1, 0.15) is 15.9 Å². The van der Waals surface area contributed by atoms with Crippen LogP contribution >= 0.6 is 12.4 Å². The first kappa shape index (κ1) is 15.0. The quantitative estimate of drug-likeness (QED) is 0.759. The molecule has 1 heterocycles. The summed E-state index contributed by atoms with van der Waals surface area (Å²) in [4.78, 5) is 11.8. The average molecular weight is 271 g/mol. The van der Waals surface area contributed by atoms with Crippen LogP contribution in [0.15, 0.2) is 24.3 Å².